The molecule has 0 aliphatic carbocycles. The van der Waals surface area contributed by atoms with Crippen LogP contribution in [0.15, 0.2) is 71.5 Å². The number of nitrogens with zero attached hydrogens (tertiary/aromatic N) is 2. The van der Waals surface area contributed by atoms with Gasteiger partial charge in [-0.05, 0) is 55.0 Å². The van der Waals surface area contributed by atoms with E-state index in [0.717, 1.165) is 22.7 Å². The Kier molecular flexibility index (Phi) is 5.57. The van der Waals surface area contributed by atoms with Crippen molar-refractivity contribution < 1.29 is 9.21 Å². The number of furan rings is 1. The average Bonchev–Trinajstić information content (AvgIpc) is 3.36. The lowest BCUT2D eigenvalue weighted by Gasteiger charge is -2.25. The molecule has 2 atom stereocenters. The second kappa shape index (κ2) is 8.45. The Balaban J connectivity index is 1.50. The van der Waals surface area contributed by atoms with E-state index in [0.29, 0.717) is 18.1 Å². The third-order valence-corrected chi connectivity index (χ3v) is 5.38. The summed E-state index contributed by atoms with van der Waals surface area (Å²) in [6.07, 6.45) is 3.72. The first-order valence-corrected chi connectivity index (χ1v) is 9.91. The van der Waals surface area contributed by atoms with E-state index in [2.05, 4.69) is 15.6 Å². The Labute approximate surface area is 174 Å². The molecule has 29 heavy (non-hydrogen) atoms. The molecule has 6 nitrogen and oxygen atoms in total. The molecule has 0 radical (unpaired) electrons. The van der Waals surface area contributed by atoms with Crippen molar-refractivity contribution in [3.8, 4) is 0 Å². The topological polar surface area (TPSA) is 70.4 Å². The van der Waals surface area contributed by atoms with Crippen LogP contribution in [0, 0.1) is 6.92 Å². The Morgan fingerprint density at radius 3 is 2.76 bits per heavy atom. The Morgan fingerprint density at radius 2 is 2.03 bits per heavy atom. The fraction of sp³-hybridized carbons (Fsp3) is 0.227. The van der Waals surface area contributed by atoms with Gasteiger partial charge in [-0.2, -0.15) is 0 Å². The maximum atomic E-state index is 12.5. The SMILES string of the molecule is Cc1ccccc1NC(=O)CCN1C(=S)N[C@@H](c2ccccn2)[C@@H]1c1ccco1. The second-order valence-electron chi connectivity index (χ2n) is 6.95. The lowest BCUT2D eigenvalue weighted by atomic mass is 10.0. The molecule has 2 aromatic heterocycles. The molecule has 148 valence electrons. The molecule has 1 aromatic carbocycles. The largest absolute Gasteiger partial charge is 0.467 e. The van der Waals surface area contributed by atoms with Gasteiger partial charge in [-0.1, -0.05) is 24.3 Å². The van der Waals surface area contributed by atoms with E-state index in [4.69, 9.17) is 16.6 Å². The lowest BCUT2D eigenvalue weighted by molar-refractivity contribution is -0.116. The molecule has 7 heteroatoms. The third kappa shape index (κ3) is 4.14. The van der Waals surface area contributed by atoms with Crippen LogP contribution in [0.5, 0.6) is 0 Å². The Bertz CT molecular complexity index is 991. The van der Waals surface area contributed by atoms with Gasteiger partial charge in [0.25, 0.3) is 0 Å². The fourth-order valence-corrected chi connectivity index (χ4v) is 3.89. The highest BCUT2D eigenvalue weighted by Gasteiger charge is 2.41. The summed E-state index contributed by atoms with van der Waals surface area (Å²) in [7, 11) is 0. The number of rotatable bonds is 6. The van der Waals surface area contributed by atoms with Gasteiger partial charge in [-0.25, -0.2) is 0 Å². The van der Waals surface area contributed by atoms with Crippen LogP contribution in [0.1, 0.15) is 35.5 Å². The van der Waals surface area contributed by atoms with Gasteiger partial charge in [0.1, 0.15) is 11.8 Å². The summed E-state index contributed by atoms with van der Waals surface area (Å²) in [5.74, 6) is 0.730. The normalized spacial score (nSPS) is 18.5. The van der Waals surface area contributed by atoms with Gasteiger partial charge in [0.05, 0.1) is 18.0 Å². The fourth-order valence-electron chi connectivity index (χ4n) is 3.56. The molecule has 1 saturated heterocycles. The van der Waals surface area contributed by atoms with Gasteiger partial charge in [0.15, 0.2) is 5.11 Å². The molecular formula is C22H22N4O2S. The van der Waals surface area contributed by atoms with Crippen LogP contribution in [0.3, 0.4) is 0 Å². The smallest absolute Gasteiger partial charge is 0.226 e. The molecule has 1 amide bonds. The summed E-state index contributed by atoms with van der Waals surface area (Å²) in [4.78, 5) is 19.0. The number of amides is 1. The first-order valence-electron chi connectivity index (χ1n) is 9.50. The minimum absolute atomic E-state index is 0.0541. The monoisotopic (exact) mass is 406 g/mol. The minimum atomic E-state index is -0.168. The standard InChI is InChI=1S/C22H22N4O2S/c1-15-7-2-3-8-16(15)24-19(27)11-13-26-21(18-10-6-14-28-18)20(25-22(26)29)17-9-4-5-12-23-17/h2-10,12,14,20-21H,11,13H2,1H3,(H,24,27)(H,25,29)/t20-,21-/m0/s1. The molecule has 0 unspecified atom stereocenters. The van der Waals surface area contributed by atoms with Gasteiger partial charge in [-0.3, -0.25) is 9.78 Å². The summed E-state index contributed by atoms with van der Waals surface area (Å²) in [5, 5.41) is 6.91. The van der Waals surface area contributed by atoms with Crippen LogP contribution in [0.4, 0.5) is 5.69 Å². The predicted molar refractivity (Wildman–Crippen MR) is 115 cm³/mol. The van der Waals surface area contributed by atoms with Crippen molar-refractivity contribution in [1.29, 1.82) is 0 Å². The molecular weight excluding hydrogens is 384 g/mol. The summed E-state index contributed by atoms with van der Waals surface area (Å²) in [6.45, 7) is 2.44. The number of carbonyl (C=O) groups is 1. The highest BCUT2D eigenvalue weighted by molar-refractivity contribution is 7.80. The van der Waals surface area contributed by atoms with Crippen molar-refractivity contribution in [3.63, 3.8) is 0 Å². The zero-order chi connectivity index (χ0) is 20.2. The summed E-state index contributed by atoms with van der Waals surface area (Å²) in [6, 6.07) is 17.0. The van der Waals surface area contributed by atoms with E-state index in [-0.39, 0.29) is 18.0 Å². The number of pyridine rings is 1. The molecule has 1 fully saturated rings. The maximum absolute atomic E-state index is 12.5. The number of para-hydroxylation sites is 1. The number of aryl methyl sites for hydroxylation is 1. The molecule has 4 rings (SSSR count). The quantitative estimate of drug-likeness (QED) is 0.604. The highest BCUT2D eigenvalue weighted by Crippen LogP contribution is 2.38. The van der Waals surface area contributed by atoms with E-state index < -0.39 is 0 Å². The van der Waals surface area contributed by atoms with E-state index >= 15 is 0 Å². The van der Waals surface area contributed by atoms with Crippen molar-refractivity contribution in [2.24, 2.45) is 0 Å². The van der Waals surface area contributed by atoms with Crippen LogP contribution >= 0.6 is 12.2 Å². The van der Waals surface area contributed by atoms with Crippen molar-refractivity contribution in [1.82, 2.24) is 15.2 Å². The van der Waals surface area contributed by atoms with Crippen LogP contribution in [0.2, 0.25) is 0 Å². The number of hydrogen-bond donors (Lipinski definition) is 2. The van der Waals surface area contributed by atoms with Gasteiger partial charge >= 0.3 is 0 Å². The zero-order valence-electron chi connectivity index (χ0n) is 16.0. The van der Waals surface area contributed by atoms with Gasteiger partial charge < -0.3 is 20.0 Å². The molecule has 3 aromatic rings. The number of aromatic nitrogens is 1. The van der Waals surface area contributed by atoms with E-state index in [9.17, 15) is 4.79 Å². The molecule has 3 heterocycles. The zero-order valence-corrected chi connectivity index (χ0v) is 16.9. The van der Waals surface area contributed by atoms with Gasteiger partial charge in [0, 0.05) is 24.8 Å². The summed E-state index contributed by atoms with van der Waals surface area (Å²) < 4.78 is 5.70. The summed E-state index contributed by atoms with van der Waals surface area (Å²) >= 11 is 5.58. The lowest BCUT2D eigenvalue weighted by Crippen LogP contribution is -2.32. The molecule has 1 aliphatic heterocycles. The van der Waals surface area contributed by atoms with Crippen LogP contribution in [0.25, 0.3) is 0 Å². The van der Waals surface area contributed by atoms with E-state index in [1.165, 1.54) is 0 Å². The second-order valence-corrected chi connectivity index (χ2v) is 7.34. The van der Waals surface area contributed by atoms with E-state index in [1.807, 2.05) is 66.4 Å². The van der Waals surface area contributed by atoms with Crippen LogP contribution < -0.4 is 10.6 Å². The highest BCUT2D eigenvalue weighted by atomic mass is 32.1. The van der Waals surface area contributed by atoms with Crippen molar-refractivity contribution in [3.05, 3.63) is 84.1 Å². The maximum Gasteiger partial charge on any atom is 0.226 e. The van der Waals surface area contributed by atoms with Gasteiger partial charge in [0.2, 0.25) is 5.91 Å². The van der Waals surface area contributed by atoms with Crippen molar-refractivity contribution in [2.45, 2.75) is 25.4 Å². The summed E-state index contributed by atoms with van der Waals surface area (Å²) in [5.41, 5.74) is 2.74. The van der Waals surface area contributed by atoms with Crippen LogP contribution in [-0.4, -0.2) is 27.4 Å². The third-order valence-electron chi connectivity index (χ3n) is 5.03. The van der Waals surface area contributed by atoms with Gasteiger partial charge in [-0.15, -0.1) is 0 Å². The minimum Gasteiger partial charge on any atom is -0.467 e. The van der Waals surface area contributed by atoms with Crippen molar-refractivity contribution >= 4 is 28.9 Å². The number of hydrogen-bond acceptors (Lipinski definition) is 4. The number of benzene rings is 1. The molecule has 0 saturated carbocycles. The number of carbonyl (C=O) groups excluding carboxylic acids is 1. The first-order chi connectivity index (χ1) is 14.1. The molecule has 1 aliphatic rings. The molecule has 2 N–H and O–H groups in total. The van der Waals surface area contributed by atoms with Crippen molar-refractivity contribution in [2.75, 3.05) is 11.9 Å². The Morgan fingerprint density at radius 1 is 1.21 bits per heavy atom. The predicted octanol–water partition coefficient (Wildman–Crippen LogP) is 3.98. The van der Waals surface area contributed by atoms with Crippen LogP contribution in [-0.2, 0) is 4.79 Å². The number of nitrogens with one attached hydrogen (secondary N) is 2. The molecule has 0 spiro atoms. The molecule has 0 bridgehead atoms. The Hall–Kier alpha value is -3.19. The van der Waals surface area contributed by atoms with E-state index in [1.54, 1.807) is 12.5 Å². The number of thiocarbonyl (C=S) groups is 1. The average molecular weight is 407 g/mol. The number of anilines is 1. The first kappa shape index (κ1) is 19.1.